The molecule has 1 aliphatic carbocycles. The number of aliphatic hydroxyl groups excluding tert-OH is 1. The first-order valence-electron chi connectivity index (χ1n) is 26.1. The molecule has 5 aliphatic rings. The number of primary amides is 1. The third-order valence-electron chi connectivity index (χ3n) is 16.6. The monoisotopic (exact) mass is 1030 g/mol. The number of aryl methyl sites for hydroxylation is 1. The number of urea groups is 1. The molecular formula is C56H65ClF2N8O7. The fourth-order valence-electron chi connectivity index (χ4n) is 12.6. The summed E-state index contributed by atoms with van der Waals surface area (Å²) in [6.45, 7) is 8.84. The average Bonchev–Trinajstić information content (AvgIpc) is 3.87. The number of benzene rings is 4. The van der Waals surface area contributed by atoms with E-state index in [1.54, 1.807) is 4.90 Å². The smallest absolute Gasteiger partial charge is 0.329 e. The van der Waals surface area contributed by atoms with E-state index in [0.717, 1.165) is 94.1 Å². The molecule has 392 valence electrons. The standard InChI is InChI=1S/C56H65ClF2N8O7/c1-32-29-65(21-19-39(32)36-11-14-40-43(27-36)64(3)63-53(40)67-24-20-46(69)62-55(67)72)30-34-17-22-66(23-18-34)54(71)35-9-12-38(13-10-35)61-31-56(37-7-5-4-6-8-37)33(2)47-45(74-56)28-42(58)50(57)49(47)48-41(52(60)70)15-16-44(51(48)59)73-26-25-68/h4-8,11,14-16,27-28,32-35,38-39,61,68H,9-10,12-13,17-26,29-31H2,1-3H3,(H2,60,70)(H,62,69,72)/t32-,33+,35?,38?,39+,56+/m1/s1. The first kappa shape index (κ1) is 51.4. The molecule has 18 heteroatoms. The quantitative estimate of drug-likeness (QED) is 0.0851. The predicted octanol–water partition coefficient (Wildman–Crippen LogP) is 7.99. The van der Waals surface area contributed by atoms with Crippen molar-refractivity contribution < 1.29 is 42.5 Å². The van der Waals surface area contributed by atoms with Gasteiger partial charge in [0, 0.05) is 98.8 Å². The van der Waals surface area contributed by atoms with Gasteiger partial charge in [-0.05, 0) is 105 Å². The van der Waals surface area contributed by atoms with Crippen LogP contribution in [0.2, 0.25) is 5.02 Å². The molecule has 4 atom stereocenters. The van der Waals surface area contributed by atoms with Gasteiger partial charge in [-0.3, -0.25) is 29.3 Å². The predicted molar refractivity (Wildman–Crippen MR) is 277 cm³/mol. The first-order valence-corrected chi connectivity index (χ1v) is 26.5. The van der Waals surface area contributed by atoms with Gasteiger partial charge in [0.1, 0.15) is 18.2 Å². The molecule has 0 radical (unpaired) electrons. The molecule has 4 aromatic carbocycles. The number of nitrogens with zero attached hydrogens (tertiary/aromatic N) is 5. The number of amides is 5. The Morgan fingerprint density at radius 3 is 2.42 bits per heavy atom. The van der Waals surface area contributed by atoms with Crippen molar-refractivity contribution in [2.24, 2.45) is 30.5 Å². The molecule has 0 bridgehead atoms. The molecule has 10 rings (SSSR count). The fraction of sp³-hybridized carbons (Fsp3) is 0.482. The lowest BCUT2D eigenvalue weighted by Crippen LogP contribution is -2.49. The molecule has 5 heterocycles. The highest BCUT2D eigenvalue weighted by Crippen LogP contribution is 2.56. The molecule has 5 amide bonds. The Labute approximate surface area is 434 Å². The number of carbonyl (C=O) groups excluding carboxylic acids is 4. The van der Waals surface area contributed by atoms with Gasteiger partial charge in [0.25, 0.3) is 0 Å². The van der Waals surface area contributed by atoms with E-state index >= 15 is 8.78 Å². The highest BCUT2D eigenvalue weighted by molar-refractivity contribution is 6.34. The van der Waals surface area contributed by atoms with Crippen LogP contribution in [0.5, 0.6) is 11.5 Å². The lowest BCUT2D eigenvalue weighted by atomic mass is 9.77. The number of imide groups is 1. The van der Waals surface area contributed by atoms with Gasteiger partial charge in [0.2, 0.25) is 17.7 Å². The lowest BCUT2D eigenvalue weighted by Gasteiger charge is -2.41. The van der Waals surface area contributed by atoms with Crippen LogP contribution in [0.3, 0.4) is 0 Å². The van der Waals surface area contributed by atoms with Crippen LogP contribution in [-0.4, -0.2) is 114 Å². The maximum atomic E-state index is 16.5. The number of halogens is 3. The summed E-state index contributed by atoms with van der Waals surface area (Å²) in [5.74, 6) is -1.54. The highest BCUT2D eigenvalue weighted by Gasteiger charge is 2.50. The normalized spacial score (nSPS) is 24.7. The van der Waals surface area contributed by atoms with Gasteiger partial charge in [0.05, 0.1) is 22.7 Å². The van der Waals surface area contributed by atoms with Gasteiger partial charge in [-0.1, -0.05) is 61.8 Å². The second kappa shape index (κ2) is 21.2. The minimum absolute atomic E-state index is 0.0494. The van der Waals surface area contributed by atoms with Crippen molar-refractivity contribution in [3.63, 3.8) is 0 Å². The molecule has 5 N–H and O–H groups in total. The largest absolute Gasteiger partial charge is 0.488 e. The Morgan fingerprint density at radius 1 is 0.959 bits per heavy atom. The summed E-state index contributed by atoms with van der Waals surface area (Å²) in [5, 5.41) is 20.7. The molecule has 3 saturated heterocycles. The summed E-state index contributed by atoms with van der Waals surface area (Å²) in [5.41, 5.74) is 7.57. The molecule has 1 aromatic heterocycles. The maximum absolute atomic E-state index is 16.5. The van der Waals surface area contributed by atoms with Crippen molar-refractivity contribution >= 4 is 52.1 Å². The van der Waals surface area contributed by atoms with Crippen molar-refractivity contribution in [1.82, 2.24) is 30.2 Å². The second-order valence-corrected chi connectivity index (χ2v) is 21.5. The summed E-state index contributed by atoms with van der Waals surface area (Å²) in [4.78, 5) is 57.4. The Kier molecular flexibility index (Phi) is 14.7. The van der Waals surface area contributed by atoms with Crippen LogP contribution in [0.15, 0.2) is 66.7 Å². The Morgan fingerprint density at radius 2 is 1.72 bits per heavy atom. The van der Waals surface area contributed by atoms with Crippen LogP contribution in [0.1, 0.15) is 104 Å². The lowest BCUT2D eigenvalue weighted by molar-refractivity contribution is -0.138. The summed E-state index contributed by atoms with van der Waals surface area (Å²) in [6, 6.07) is 19.4. The summed E-state index contributed by atoms with van der Waals surface area (Å²) in [6.07, 6.45) is 6.32. The number of anilines is 1. The number of hydrogen-bond acceptors (Lipinski definition) is 10. The Balaban J connectivity index is 0.737. The molecule has 4 fully saturated rings. The minimum atomic E-state index is -1.10. The number of ether oxygens (including phenoxy) is 2. The minimum Gasteiger partial charge on any atom is -0.488 e. The maximum Gasteiger partial charge on any atom is 0.329 e. The number of nitrogens with one attached hydrogen (secondary N) is 2. The molecule has 1 saturated carbocycles. The number of carbonyl (C=O) groups is 4. The molecule has 74 heavy (non-hydrogen) atoms. The van der Waals surface area contributed by atoms with Gasteiger partial charge in [-0.25, -0.2) is 13.6 Å². The van der Waals surface area contributed by atoms with Crippen LogP contribution in [0.4, 0.5) is 19.4 Å². The molecule has 0 spiro atoms. The average molecular weight is 1040 g/mol. The van der Waals surface area contributed by atoms with Crippen molar-refractivity contribution in [2.75, 3.05) is 63.9 Å². The van der Waals surface area contributed by atoms with Crippen molar-refractivity contribution in [1.29, 1.82) is 0 Å². The Bertz CT molecular complexity index is 2960. The van der Waals surface area contributed by atoms with Crippen molar-refractivity contribution in [2.45, 2.75) is 88.7 Å². The molecular weight excluding hydrogens is 970 g/mol. The number of likely N-dealkylation sites (tertiary alicyclic amines) is 2. The van der Waals surface area contributed by atoms with Crippen LogP contribution < -0.4 is 30.7 Å². The summed E-state index contributed by atoms with van der Waals surface area (Å²) >= 11 is 6.73. The second-order valence-electron chi connectivity index (χ2n) is 21.1. The first-order chi connectivity index (χ1) is 35.6. The van der Waals surface area contributed by atoms with Gasteiger partial charge in [0.15, 0.2) is 23.0 Å². The van der Waals surface area contributed by atoms with E-state index < -0.39 is 40.1 Å². The van der Waals surface area contributed by atoms with Crippen molar-refractivity contribution in [3.05, 3.63) is 106 Å². The van der Waals surface area contributed by atoms with E-state index in [0.29, 0.717) is 42.2 Å². The van der Waals surface area contributed by atoms with E-state index in [4.69, 9.17) is 26.8 Å². The molecule has 4 aliphatic heterocycles. The fourth-order valence-corrected chi connectivity index (χ4v) is 12.9. The van der Waals surface area contributed by atoms with Crippen LogP contribution >= 0.6 is 11.6 Å². The van der Waals surface area contributed by atoms with Crippen LogP contribution in [0, 0.1) is 29.4 Å². The molecule has 5 aromatic rings. The summed E-state index contributed by atoms with van der Waals surface area (Å²) in [7, 11) is 1.89. The number of rotatable bonds is 14. The van der Waals surface area contributed by atoms with E-state index in [1.165, 1.54) is 23.8 Å². The van der Waals surface area contributed by atoms with E-state index in [9.17, 15) is 24.3 Å². The highest BCUT2D eigenvalue weighted by atomic mass is 35.5. The number of aromatic nitrogens is 2. The molecule has 15 nitrogen and oxygen atoms in total. The number of aliphatic hydroxyl groups is 1. The third kappa shape index (κ3) is 9.72. The molecule has 0 unspecified atom stereocenters. The van der Waals surface area contributed by atoms with E-state index in [2.05, 4.69) is 50.7 Å². The zero-order valence-corrected chi connectivity index (χ0v) is 42.9. The van der Waals surface area contributed by atoms with Gasteiger partial charge in [-0.15, -0.1) is 0 Å². The number of nitrogens with two attached hydrogens (primary N) is 1. The number of fused-ring (bicyclic) bond motifs is 2. The topological polar surface area (TPSA) is 185 Å². The van der Waals surface area contributed by atoms with Crippen LogP contribution in [0.25, 0.3) is 22.0 Å². The van der Waals surface area contributed by atoms with Crippen molar-refractivity contribution in [3.8, 4) is 22.6 Å². The Hall–Kier alpha value is -6.14. The van der Waals surface area contributed by atoms with E-state index in [-0.39, 0.29) is 71.6 Å². The van der Waals surface area contributed by atoms with Crippen LogP contribution in [-0.2, 0) is 22.2 Å². The van der Waals surface area contributed by atoms with Gasteiger partial charge in [-0.2, -0.15) is 5.10 Å². The summed E-state index contributed by atoms with van der Waals surface area (Å²) < 4.78 is 46.5. The number of piperidine rings is 2. The number of hydrogen-bond donors (Lipinski definition) is 4. The van der Waals surface area contributed by atoms with E-state index in [1.807, 2.05) is 49.0 Å². The van der Waals surface area contributed by atoms with Gasteiger partial charge < -0.3 is 35.4 Å². The zero-order chi connectivity index (χ0) is 52.0. The third-order valence-corrected chi connectivity index (χ3v) is 17.0. The van der Waals surface area contributed by atoms with Gasteiger partial charge >= 0.3 is 6.03 Å². The SMILES string of the molecule is C[C@@H]1CN(CC2CCN(C(=O)C3CCC(NC[C@]4(c5ccccc5)Oc5cc(F)c(Cl)c(-c6c(C(N)=O)ccc(OCCO)c6F)c5[C@@H]4C)CC3)CC2)CC[C@@H]1c1ccc2c(N3CCC(=O)NC3=O)nn(C)c2c1. The zero-order valence-electron chi connectivity index (χ0n) is 42.2.